The van der Waals surface area contributed by atoms with Crippen molar-refractivity contribution >= 4 is 17.7 Å². The average Bonchev–Trinajstić information content (AvgIpc) is 2.83. The quantitative estimate of drug-likeness (QED) is 0.704. The molecular formula is C11H14N4O2. The van der Waals surface area contributed by atoms with Gasteiger partial charge < -0.3 is 10.2 Å². The number of hydrogen-bond acceptors (Lipinski definition) is 6. The normalized spacial score (nSPS) is 16.4. The molecule has 0 amide bonds. The fourth-order valence-electron chi connectivity index (χ4n) is 1.63. The van der Waals surface area contributed by atoms with E-state index in [0.29, 0.717) is 24.0 Å². The van der Waals surface area contributed by atoms with E-state index >= 15 is 0 Å². The summed E-state index contributed by atoms with van der Waals surface area (Å²) in [5.41, 5.74) is 1.01. The molecule has 1 aromatic rings. The molecule has 2 heterocycles. The standard InChI is InChI=1S/C11H14N4O2/c1-7(2-3-8(17)4-16)9-10-11(14-5-12-9)15-6-13-10/h5-6,8,16-17H,2-4H2,1H3. The first-order chi connectivity index (χ1) is 8.22. The van der Waals surface area contributed by atoms with Gasteiger partial charge in [-0.1, -0.05) is 0 Å². The van der Waals surface area contributed by atoms with Crippen molar-refractivity contribution in [3.63, 3.8) is 0 Å². The van der Waals surface area contributed by atoms with Crippen molar-refractivity contribution in [1.82, 2.24) is 9.97 Å². The van der Waals surface area contributed by atoms with Crippen LogP contribution in [0.4, 0.5) is 5.82 Å². The molecule has 2 N–H and O–H groups in total. The molecule has 6 nitrogen and oxygen atoms in total. The molecule has 0 radical (unpaired) electrons. The van der Waals surface area contributed by atoms with Gasteiger partial charge >= 0.3 is 0 Å². The van der Waals surface area contributed by atoms with Crippen molar-refractivity contribution in [2.75, 3.05) is 6.61 Å². The van der Waals surface area contributed by atoms with Crippen molar-refractivity contribution in [3.05, 3.63) is 17.0 Å². The molecule has 90 valence electrons. The number of hydrogen-bond donors (Lipinski definition) is 2. The van der Waals surface area contributed by atoms with E-state index in [-0.39, 0.29) is 6.61 Å². The van der Waals surface area contributed by atoms with Gasteiger partial charge in [-0.25, -0.2) is 20.0 Å². The van der Waals surface area contributed by atoms with Gasteiger partial charge in [-0.2, -0.15) is 0 Å². The molecule has 0 bridgehead atoms. The lowest BCUT2D eigenvalue weighted by Crippen LogP contribution is -2.30. The molecule has 2 rings (SSSR count). The Morgan fingerprint density at radius 3 is 3.00 bits per heavy atom. The zero-order chi connectivity index (χ0) is 12.3. The molecule has 1 atom stereocenters. The highest BCUT2D eigenvalue weighted by Crippen LogP contribution is 2.06. The summed E-state index contributed by atoms with van der Waals surface area (Å²) in [4.78, 5) is 16.3. The maximum absolute atomic E-state index is 9.30. The highest BCUT2D eigenvalue weighted by Gasteiger charge is 2.07. The van der Waals surface area contributed by atoms with Gasteiger partial charge in [0.1, 0.15) is 18.0 Å². The first-order valence-electron chi connectivity index (χ1n) is 5.42. The molecule has 17 heavy (non-hydrogen) atoms. The molecule has 6 heteroatoms. The minimum Gasteiger partial charge on any atom is -0.394 e. The Balaban J connectivity index is 2.30. The molecule has 1 aliphatic rings. The van der Waals surface area contributed by atoms with Gasteiger partial charge in [0.25, 0.3) is 0 Å². The summed E-state index contributed by atoms with van der Waals surface area (Å²) in [6, 6.07) is 0. The second-order valence-corrected chi connectivity index (χ2v) is 3.92. The topological polar surface area (TPSA) is 91.0 Å². The van der Waals surface area contributed by atoms with Gasteiger partial charge in [0.15, 0.2) is 5.82 Å². The van der Waals surface area contributed by atoms with Gasteiger partial charge in [0, 0.05) is 0 Å². The van der Waals surface area contributed by atoms with Crippen LogP contribution in [0.5, 0.6) is 0 Å². The third kappa shape index (κ3) is 2.54. The van der Waals surface area contributed by atoms with Crippen LogP contribution in [0.2, 0.25) is 0 Å². The van der Waals surface area contributed by atoms with Crippen LogP contribution in [-0.2, 0) is 0 Å². The van der Waals surface area contributed by atoms with Crippen molar-refractivity contribution < 1.29 is 10.2 Å². The van der Waals surface area contributed by atoms with Crippen LogP contribution in [0.1, 0.15) is 19.8 Å². The summed E-state index contributed by atoms with van der Waals surface area (Å²) in [6.45, 7) is 1.71. The monoisotopic (exact) mass is 234 g/mol. The van der Waals surface area contributed by atoms with Crippen LogP contribution >= 0.6 is 0 Å². The lowest BCUT2D eigenvalue weighted by Gasteiger charge is -2.06. The minimum atomic E-state index is -0.687. The Kier molecular flexibility index (Phi) is 3.55. The molecule has 0 saturated heterocycles. The molecular weight excluding hydrogens is 220 g/mol. The Morgan fingerprint density at radius 2 is 2.24 bits per heavy atom. The molecule has 0 spiro atoms. The summed E-state index contributed by atoms with van der Waals surface area (Å²) in [5, 5.41) is 19.5. The molecule has 1 unspecified atom stereocenters. The van der Waals surface area contributed by atoms with E-state index in [1.54, 1.807) is 0 Å². The molecule has 1 aliphatic heterocycles. The first-order valence-corrected chi connectivity index (χ1v) is 5.42. The summed E-state index contributed by atoms with van der Waals surface area (Å²) < 4.78 is 0. The summed E-state index contributed by atoms with van der Waals surface area (Å²) >= 11 is 0. The highest BCUT2D eigenvalue weighted by atomic mass is 16.3. The molecule has 1 aromatic heterocycles. The van der Waals surface area contributed by atoms with E-state index in [4.69, 9.17) is 5.11 Å². The van der Waals surface area contributed by atoms with E-state index in [9.17, 15) is 5.11 Å². The van der Waals surface area contributed by atoms with E-state index < -0.39 is 6.10 Å². The summed E-state index contributed by atoms with van der Waals surface area (Å²) in [5.74, 6) is 0.581. The predicted octanol–water partition coefficient (Wildman–Crippen LogP) is -0.926. The van der Waals surface area contributed by atoms with Crippen LogP contribution in [0.25, 0.3) is 5.57 Å². The van der Waals surface area contributed by atoms with E-state index in [1.165, 1.54) is 12.7 Å². The van der Waals surface area contributed by atoms with Crippen molar-refractivity contribution in [1.29, 1.82) is 0 Å². The van der Waals surface area contributed by atoms with E-state index in [1.807, 2.05) is 6.92 Å². The molecule has 0 aliphatic carbocycles. The number of aromatic nitrogens is 2. The minimum absolute atomic E-state index is 0.220. The van der Waals surface area contributed by atoms with Gasteiger partial charge in [0.05, 0.1) is 18.1 Å². The zero-order valence-electron chi connectivity index (χ0n) is 9.54. The number of fused-ring (bicyclic) bond motifs is 1. The number of aliphatic hydroxyl groups is 2. The predicted molar refractivity (Wildman–Crippen MR) is 62.4 cm³/mol. The fourth-order valence-corrected chi connectivity index (χ4v) is 1.63. The Morgan fingerprint density at radius 1 is 1.41 bits per heavy atom. The second-order valence-electron chi connectivity index (χ2n) is 3.92. The zero-order valence-corrected chi connectivity index (χ0v) is 9.54. The van der Waals surface area contributed by atoms with Crippen LogP contribution in [0, 0.1) is 0 Å². The maximum atomic E-state index is 9.30. The molecule has 0 aromatic carbocycles. The lowest BCUT2D eigenvalue weighted by atomic mass is 10.1. The maximum Gasteiger partial charge on any atom is 0.183 e. The van der Waals surface area contributed by atoms with Gasteiger partial charge in [-0.15, -0.1) is 0 Å². The van der Waals surface area contributed by atoms with Crippen LogP contribution < -0.4 is 10.7 Å². The highest BCUT2D eigenvalue weighted by molar-refractivity contribution is 5.65. The third-order valence-corrected chi connectivity index (χ3v) is 2.64. The smallest absolute Gasteiger partial charge is 0.183 e. The lowest BCUT2D eigenvalue weighted by molar-refractivity contribution is 0.0895. The van der Waals surface area contributed by atoms with Crippen molar-refractivity contribution in [2.24, 2.45) is 9.98 Å². The number of rotatable bonds is 4. The van der Waals surface area contributed by atoms with Crippen molar-refractivity contribution in [2.45, 2.75) is 25.9 Å². The van der Waals surface area contributed by atoms with E-state index in [2.05, 4.69) is 20.0 Å². The third-order valence-electron chi connectivity index (χ3n) is 2.64. The largest absolute Gasteiger partial charge is 0.394 e. The van der Waals surface area contributed by atoms with Crippen LogP contribution in [0.15, 0.2) is 16.3 Å². The second kappa shape index (κ2) is 5.11. The number of nitrogens with zero attached hydrogens (tertiary/aromatic N) is 4. The average molecular weight is 234 g/mol. The number of aliphatic imine (C=N–C) groups is 1. The van der Waals surface area contributed by atoms with Crippen LogP contribution in [-0.4, -0.2) is 39.2 Å². The summed E-state index contributed by atoms with van der Waals surface area (Å²) in [7, 11) is 0. The summed E-state index contributed by atoms with van der Waals surface area (Å²) in [6.07, 6.45) is 3.38. The Bertz CT molecular complexity index is 553. The first kappa shape index (κ1) is 11.8. The van der Waals surface area contributed by atoms with E-state index in [0.717, 1.165) is 10.9 Å². The van der Waals surface area contributed by atoms with Crippen molar-refractivity contribution in [3.8, 4) is 0 Å². The van der Waals surface area contributed by atoms with Crippen LogP contribution in [0.3, 0.4) is 0 Å². The van der Waals surface area contributed by atoms with Gasteiger partial charge in [0.2, 0.25) is 0 Å². The Hall–Kier alpha value is -1.66. The van der Waals surface area contributed by atoms with Gasteiger partial charge in [-0.05, 0) is 25.3 Å². The fraction of sp³-hybridized carbons (Fsp3) is 0.455. The number of aliphatic hydroxyl groups excluding tert-OH is 2. The van der Waals surface area contributed by atoms with Gasteiger partial charge in [-0.3, -0.25) is 0 Å². The SMILES string of the molecule is CC(CCC(O)CO)=c1ncnc2c1=NC=N2. The molecule has 0 saturated carbocycles. The Labute approximate surface area is 98.1 Å². The molecule has 0 fully saturated rings.